The fraction of sp³-hybridized carbons (Fsp3) is 0.0833. The van der Waals surface area contributed by atoms with Gasteiger partial charge in [0.2, 0.25) is 0 Å². The topological polar surface area (TPSA) is 112 Å². The van der Waals surface area contributed by atoms with E-state index in [1.807, 2.05) is 38.1 Å². The van der Waals surface area contributed by atoms with Gasteiger partial charge < -0.3 is 20.0 Å². The van der Waals surface area contributed by atoms with E-state index in [9.17, 15) is 19.8 Å². The van der Waals surface area contributed by atoms with Crippen LogP contribution in [0.1, 0.15) is 21.5 Å². The highest BCUT2D eigenvalue weighted by atomic mass is 16.7. The first-order chi connectivity index (χ1) is 14.9. The highest BCUT2D eigenvalue weighted by Gasteiger charge is 2.24. The predicted octanol–water partition coefficient (Wildman–Crippen LogP) is 4.41. The Bertz CT molecular complexity index is 1370. The molecule has 0 radical (unpaired) electrons. The number of phenolic OH excluding ortho intramolecular Hbond substituents is 1. The van der Waals surface area contributed by atoms with Crippen LogP contribution in [0, 0.1) is 13.8 Å². The standard InChI is InChI=1S/C24H20N2O5/c1-13-7-9-18(14(2)11-13)26-31-24(30)21-22(28)17(12-25-23(21)29)20-16-6-4-3-5-15(16)8-10-19(20)27/h3-12,26-27H,1-2H3,(H2,25,28,29). The lowest BCUT2D eigenvalue weighted by molar-refractivity contribution is 0.0591. The first-order valence-electron chi connectivity index (χ1n) is 9.57. The molecule has 0 atom stereocenters. The van der Waals surface area contributed by atoms with Crippen molar-refractivity contribution in [1.82, 2.24) is 4.98 Å². The summed E-state index contributed by atoms with van der Waals surface area (Å²) >= 11 is 0. The number of H-pyrrole nitrogens is 1. The first-order valence-corrected chi connectivity index (χ1v) is 9.57. The second kappa shape index (κ2) is 7.87. The molecule has 4 rings (SSSR count). The molecule has 0 aliphatic carbocycles. The Balaban J connectivity index is 1.74. The van der Waals surface area contributed by atoms with E-state index in [0.29, 0.717) is 16.6 Å². The van der Waals surface area contributed by atoms with E-state index in [0.717, 1.165) is 16.5 Å². The van der Waals surface area contributed by atoms with Crippen molar-refractivity contribution in [2.45, 2.75) is 13.8 Å². The Morgan fingerprint density at radius 3 is 2.58 bits per heavy atom. The number of phenols is 1. The molecule has 4 aromatic rings. The molecule has 3 aromatic carbocycles. The summed E-state index contributed by atoms with van der Waals surface area (Å²) in [5, 5.41) is 22.7. The third-order valence-electron chi connectivity index (χ3n) is 5.08. The quantitative estimate of drug-likeness (QED) is 0.367. The highest BCUT2D eigenvalue weighted by Crippen LogP contribution is 2.40. The SMILES string of the molecule is Cc1ccc(NOC(=O)c2c(O)c(-c3c(O)ccc4ccccc34)c[nH]c2=O)c(C)c1. The van der Waals surface area contributed by atoms with Gasteiger partial charge in [0.15, 0.2) is 5.56 Å². The fourth-order valence-electron chi connectivity index (χ4n) is 3.52. The second-order valence-corrected chi connectivity index (χ2v) is 7.25. The minimum absolute atomic E-state index is 0.103. The predicted molar refractivity (Wildman–Crippen MR) is 118 cm³/mol. The smallest absolute Gasteiger partial charge is 0.372 e. The van der Waals surface area contributed by atoms with Gasteiger partial charge in [-0.2, -0.15) is 0 Å². The van der Waals surface area contributed by atoms with Crippen molar-refractivity contribution in [3.05, 3.63) is 87.8 Å². The van der Waals surface area contributed by atoms with Gasteiger partial charge in [0.05, 0.1) is 5.69 Å². The van der Waals surface area contributed by atoms with E-state index < -0.39 is 22.8 Å². The van der Waals surface area contributed by atoms with Crippen LogP contribution in [0.2, 0.25) is 0 Å². The van der Waals surface area contributed by atoms with Crippen LogP contribution in [0.4, 0.5) is 5.69 Å². The second-order valence-electron chi connectivity index (χ2n) is 7.25. The van der Waals surface area contributed by atoms with Crippen molar-refractivity contribution in [3.8, 4) is 22.6 Å². The van der Waals surface area contributed by atoms with Crippen molar-refractivity contribution >= 4 is 22.4 Å². The summed E-state index contributed by atoms with van der Waals surface area (Å²) in [4.78, 5) is 32.5. The highest BCUT2D eigenvalue weighted by molar-refractivity contribution is 6.03. The molecule has 0 amide bonds. The number of anilines is 1. The largest absolute Gasteiger partial charge is 0.507 e. The number of rotatable bonds is 4. The average Bonchev–Trinajstić information content (AvgIpc) is 2.74. The Labute approximate surface area is 177 Å². The molecule has 0 aliphatic rings. The maximum atomic E-state index is 12.6. The number of carbonyl (C=O) groups is 1. The Morgan fingerprint density at radius 1 is 1.03 bits per heavy atom. The summed E-state index contributed by atoms with van der Waals surface area (Å²) in [7, 11) is 0. The normalized spacial score (nSPS) is 10.8. The number of hydrogen-bond donors (Lipinski definition) is 4. The van der Waals surface area contributed by atoms with Gasteiger partial charge in [0.25, 0.3) is 5.56 Å². The molecule has 7 heteroatoms. The molecule has 4 N–H and O–H groups in total. The third-order valence-corrected chi connectivity index (χ3v) is 5.08. The van der Waals surface area contributed by atoms with Gasteiger partial charge in [0, 0.05) is 17.3 Å². The number of benzene rings is 3. The summed E-state index contributed by atoms with van der Waals surface area (Å²) in [6.45, 7) is 3.78. The molecular weight excluding hydrogens is 396 g/mol. The lowest BCUT2D eigenvalue weighted by atomic mass is 9.96. The molecule has 0 spiro atoms. The zero-order valence-corrected chi connectivity index (χ0v) is 16.9. The molecule has 0 saturated heterocycles. The Kier molecular flexibility index (Phi) is 5.09. The van der Waals surface area contributed by atoms with E-state index >= 15 is 0 Å². The van der Waals surface area contributed by atoms with E-state index in [4.69, 9.17) is 4.84 Å². The summed E-state index contributed by atoms with van der Waals surface area (Å²) in [5.41, 5.74) is 4.00. The van der Waals surface area contributed by atoms with Gasteiger partial charge >= 0.3 is 5.97 Å². The average molecular weight is 416 g/mol. The van der Waals surface area contributed by atoms with E-state index in [2.05, 4.69) is 10.5 Å². The van der Waals surface area contributed by atoms with Crippen LogP contribution in [-0.2, 0) is 4.84 Å². The number of fused-ring (bicyclic) bond motifs is 1. The molecule has 0 fully saturated rings. The van der Waals surface area contributed by atoms with Crippen molar-refractivity contribution in [2.75, 3.05) is 5.48 Å². The van der Waals surface area contributed by atoms with E-state index in [1.165, 1.54) is 12.3 Å². The zero-order valence-electron chi connectivity index (χ0n) is 16.9. The number of nitrogens with one attached hydrogen (secondary N) is 2. The molecule has 0 bridgehead atoms. The third kappa shape index (κ3) is 3.69. The molecular formula is C24H20N2O5. The minimum Gasteiger partial charge on any atom is -0.507 e. The van der Waals surface area contributed by atoms with Crippen molar-refractivity contribution in [2.24, 2.45) is 0 Å². The van der Waals surface area contributed by atoms with Gasteiger partial charge in [-0.05, 0) is 42.3 Å². The molecule has 156 valence electrons. The molecule has 31 heavy (non-hydrogen) atoms. The van der Waals surface area contributed by atoms with Crippen LogP contribution in [0.25, 0.3) is 21.9 Å². The van der Waals surface area contributed by atoms with Gasteiger partial charge in [-0.25, -0.2) is 10.3 Å². The zero-order chi connectivity index (χ0) is 22.1. The monoisotopic (exact) mass is 416 g/mol. The number of aromatic nitrogens is 1. The number of aromatic amines is 1. The van der Waals surface area contributed by atoms with Crippen LogP contribution >= 0.6 is 0 Å². The number of aryl methyl sites for hydroxylation is 2. The van der Waals surface area contributed by atoms with E-state index in [1.54, 1.807) is 24.3 Å². The van der Waals surface area contributed by atoms with Gasteiger partial charge in [0.1, 0.15) is 11.5 Å². The molecule has 0 saturated carbocycles. The molecule has 0 aliphatic heterocycles. The number of hydrogen-bond acceptors (Lipinski definition) is 6. The summed E-state index contributed by atoms with van der Waals surface area (Å²) in [6, 6.07) is 16.0. The Hall–Kier alpha value is -4.26. The number of carbonyl (C=O) groups excluding carboxylic acids is 1. The van der Waals surface area contributed by atoms with Crippen molar-refractivity contribution in [1.29, 1.82) is 0 Å². The van der Waals surface area contributed by atoms with Crippen LogP contribution in [0.5, 0.6) is 11.5 Å². The maximum absolute atomic E-state index is 12.6. The molecule has 1 aromatic heterocycles. The minimum atomic E-state index is -1.06. The number of pyridine rings is 1. The number of aromatic hydroxyl groups is 2. The Morgan fingerprint density at radius 2 is 1.81 bits per heavy atom. The summed E-state index contributed by atoms with van der Waals surface area (Å²) < 4.78 is 0. The molecule has 0 unspecified atom stereocenters. The lowest BCUT2D eigenvalue weighted by Crippen LogP contribution is -2.22. The lowest BCUT2D eigenvalue weighted by Gasteiger charge is -2.13. The van der Waals surface area contributed by atoms with Gasteiger partial charge in [-0.15, -0.1) is 0 Å². The van der Waals surface area contributed by atoms with Crippen LogP contribution in [0.15, 0.2) is 65.6 Å². The fourth-order valence-corrected chi connectivity index (χ4v) is 3.52. The van der Waals surface area contributed by atoms with Crippen molar-refractivity contribution in [3.63, 3.8) is 0 Å². The van der Waals surface area contributed by atoms with Crippen LogP contribution < -0.4 is 11.0 Å². The van der Waals surface area contributed by atoms with Gasteiger partial charge in [-0.1, -0.05) is 48.0 Å². The van der Waals surface area contributed by atoms with Crippen LogP contribution in [-0.4, -0.2) is 21.2 Å². The maximum Gasteiger partial charge on any atom is 0.372 e. The first kappa shape index (κ1) is 20.0. The van der Waals surface area contributed by atoms with E-state index in [-0.39, 0.29) is 11.3 Å². The molecule has 1 heterocycles. The summed E-state index contributed by atoms with van der Waals surface area (Å²) in [6.07, 6.45) is 1.26. The van der Waals surface area contributed by atoms with Gasteiger partial charge in [-0.3, -0.25) is 4.79 Å². The molecule has 7 nitrogen and oxygen atoms in total. The summed E-state index contributed by atoms with van der Waals surface area (Å²) in [5.74, 6) is -1.74. The van der Waals surface area contributed by atoms with Crippen molar-refractivity contribution < 1.29 is 19.8 Å². The van der Waals surface area contributed by atoms with Crippen LogP contribution in [0.3, 0.4) is 0 Å².